The van der Waals surface area contributed by atoms with Gasteiger partial charge in [0, 0.05) is 22.3 Å². The van der Waals surface area contributed by atoms with Crippen molar-refractivity contribution in [1.29, 1.82) is 0 Å². The predicted octanol–water partition coefficient (Wildman–Crippen LogP) is 7.23. The number of ether oxygens (including phenoxy) is 1. The zero-order chi connectivity index (χ0) is 21.9. The van der Waals surface area contributed by atoms with Gasteiger partial charge in [0.1, 0.15) is 5.75 Å². The molecule has 9 heteroatoms. The summed E-state index contributed by atoms with van der Waals surface area (Å²) in [7, 11) is 0. The van der Waals surface area contributed by atoms with Crippen molar-refractivity contribution < 1.29 is 22.8 Å². The molecule has 0 saturated heterocycles. The van der Waals surface area contributed by atoms with E-state index in [1.165, 1.54) is 6.21 Å². The Morgan fingerprint density at radius 2 is 1.77 bits per heavy atom. The summed E-state index contributed by atoms with van der Waals surface area (Å²) in [5.41, 5.74) is 0.253. The fourth-order valence-corrected chi connectivity index (χ4v) is 2.98. The molecule has 3 aromatic carbocycles. The third-order valence-corrected chi connectivity index (χ3v) is 4.63. The minimum Gasteiger partial charge on any atom is -0.449 e. The lowest BCUT2D eigenvalue weighted by Gasteiger charge is -2.12. The molecular formula is C21H14BrF3N2O3. The van der Waals surface area contributed by atoms with Crippen LogP contribution in [-0.2, 0) is 6.18 Å². The first-order chi connectivity index (χ1) is 14.1. The first-order valence-corrected chi connectivity index (χ1v) is 9.37. The van der Waals surface area contributed by atoms with Crippen LogP contribution in [0.1, 0.15) is 16.7 Å². The average molecular weight is 479 g/mol. The van der Waals surface area contributed by atoms with Crippen molar-refractivity contribution in [2.45, 2.75) is 13.1 Å². The van der Waals surface area contributed by atoms with E-state index < -0.39 is 22.4 Å². The van der Waals surface area contributed by atoms with Crippen LogP contribution in [-0.4, -0.2) is 11.1 Å². The summed E-state index contributed by atoms with van der Waals surface area (Å²) >= 11 is 3.34. The second-order valence-electron chi connectivity index (χ2n) is 6.27. The maximum Gasteiger partial charge on any atom is 0.416 e. The lowest BCUT2D eigenvalue weighted by atomic mass is 10.1. The van der Waals surface area contributed by atoms with Crippen LogP contribution < -0.4 is 4.74 Å². The molecule has 3 rings (SSSR count). The van der Waals surface area contributed by atoms with Gasteiger partial charge >= 0.3 is 11.9 Å². The maximum atomic E-state index is 12.9. The molecule has 0 atom stereocenters. The van der Waals surface area contributed by atoms with E-state index in [1.54, 1.807) is 18.2 Å². The van der Waals surface area contributed by atoms with E-state index in [1.807, 2.05) is 31.2 Å². The molecule has 154 valence electrons. The molecule has 0 bridgehead atoms. The van der Waals surface area contributed by atoms with E-state index in [2.05, 4.69) is 20.9 Å². The highest BCUT2D eigenvalue weighted by molar-refractivity contribution is 9.10. The average Bonchev–Trinajstić information content (AvgIpc) is 2.68. The van der Waals surface area contributed by atoms with E-state index in [4.69, 9.17) is 4.74 Å². The molecule has 0 saturated carbocycles. The molecule has 0 aliphatic carbocycles. The highest BCUT2D eigenvalue weighted by atomic mass is 79.9. The van der Waals surface area contributed by atoms with Gasteiger partial charge in [0.15, 0.2) is 0 Å². The zero-order valence-electron chi connectivity index (χ0n) is 15.5. The van der Waals surface area contributed by atoms with Gasteiger partial charge in [-0.1, -0.05) is 34.1 Å². The Morgan fingerprint density at radius 3 is 2.43 bits per heavy atom. The Balaban J connectivity index is 2.00. The third-order valence-electron chi connectivity index (χ3n) is 4.13. The van der Waals surface area contributed by atoms with Crippen LogP contribution >= 0.6 is 15.9 Å². The van der Waals surface area contributed by atoms with Crippen molar-refractivity contribution >= 4 is 33.5 Å². The summed E-state index contributed by atoms with van der Waals surface area (Å²) in [5.74, 6) is -0.0979. The number of nitrogens with zero attached hydrogens (tertiary/aromatic N) is 2. The lowest BCUT2D eigenvalue weighted by Crippen LogP contribution is -2.06. The fourth-order valence-electron chi connectivity index (χ4n) is 2.60. The van der Waals surface area contributed by atoms with E-state index in [-0.39, 0.29) is 11.5 Å². The monoisotopic (exact) mass is 478 g/mol. The van der Waals surface area contributed by atoms with Gasteiger partial charge < -0.3 is 4.74 Å². The van der Waals surface area contributed by atoms with E-state index in [0.717, 1.165) is 23.4 Å². The first-order valence-electron chi connectivity index (χ1n) is 8.58. The number of nitro groups is 1. The maximum absolute atomic E-state index is 12.9. The van der Waals surface area contributed by atoms with Crippen molar-refractivity contribution in [3.8, 4) is 11.5 Å². The van der Waals surface area contributed by atoms with Crippen LogP contribution in [0.25, 0.3) is 0 Å². The molecule has 0 aliphatic rings. The van der Waals surface area contributed by atoms with Gasteiger partial charge in [-0.25, -0.2) is 0 Å². The number of hydrogen-bond acceptors (Lipinski definition) is 4. The summed E-state index contributed by atoms with van der Waals surface area (Å²) in [4.78, 5) is 14.8. The largest absolute Gasteiger partial charge is 0.449 e. The zero-order valence-corrected chi connectivity index (χ0v) is 17.1. The number of nitro benzene ring substituents is 1. The topological polar surface area (TPSA) is 64.7 Å². The molecule has 0 spiro atoms. The lowest BCUT2D eigenvalue weighted by molar-refractivity contribution is -0.385. The Hall–Kier alpha value is -3.20. The van der Waals surface area contributed by atoms with Gasteiger partial charge in [0.2, 0.25) is 5.75 Å². The van der Waals surface area contributed by atoms with Gasteiger partial charge in [-0.3, -0.25) is 15.1 Å². The summed E-state index contributed by atoms with van der Waals surface area (Å²) in [5, 5.41) is 11.3. The molecule has 0 unspecified atom stereocenters. The molecule has 0 aliphatic heterocycles. The molecule has 0 amide bonds. The van der Waals surface area contributed by atoms with Crippen molar-refractivity contribution in [2.75, 3.05) is 0 Å². The number of halogens is 4. The van der Waals surface area contributed by atoms with Crippen LogP contribution in [0.2, 0.25) is 0 Å². The van der Waals surface area contributed by atoms with Gasteiger partial charge in [-0.05, 0) is 48.9 Å². The first kappa shape index (κ1) is 21.5. The molecular weight excluding hydrogens is 465 g/mol. The Labute approximate surface area is 178 Å². The van der Waals surface area contributed by atoms with Crippen LogP contribution in [0.15, 0.2) is 70.1 Å². The molecule has 0 heterocycles. The highest BCUT2D eigenvalue weighted by Crippen LogP contribution is 2.38. The quantitative estimate of drug-likeness (QED) is 0.220. The molecule has 0 N–H and O–H groups in total. The Kier molecular flexibility index (Phi) is 6.21. The van der Waals surface area contributed by atoms with Crippen LogP contribution in [0.5, 0.6) is 11.5 Å². The van der Waals surface area contributed by atoms with E-state index in [9.17, 15) is 23.3 Å². The van der Waals surface area contributed by atoms with Gasteiger partial charge in [0.25, 0.3) is 0 Å². The second-order valence-corrected chi connectivity index (χ2v) is 7.18. The number of rotatable bonds is 5. The summed E-state index contributed by atoms with van der Waals surface area (Å²) in [6, 6.07) is 14.5. The fraction of sp³-hybridized carbons (Fsp3) is 0.0952. The molecule has 0 radical (unpaired) electrons. The highest BCUT2D eigenvalue weighted by Gasteiger charge is 2.33. The van der Waals surface area contributed by atoms with Gasteiger partial charge in [-0.2, -0.15) is 13.2 Å². The number of para-hydroxylation sites is 1. The van der Waals surface area contributed by atoms with Crippen molar-refractivity contribution in [3.63, 3.8) is 0 Å². The molecule has 5 nitrogen and oxygen atoms in total. The SMILES string of the molecule is Cc1ccccc1N=Cc1cc(Br)ccc1Oc1ccc(C(F)(F)F)cc1[N+](=O)[O-]. The van der Waals surface area contributed by atoms with Crippen LogP contribution in [0.4, 0.5) is 24.5 Å². The smallest absolute Gasteiger partial charge is 0.416 e. The van der Waals surface area contributed by atoms with Crippen molar-refractivity contribution in [3.05, 3.63) is 91.9 Å². The summed E-state index contributed by atoms with van der Waals surface area (Å²) in [6.07, 6.45) is -3.18. The minimum absolute atomic E-state index is 0.207. The summed E-state index contributed by atoms with van der Waals surface area (Å²) in [6.45, 7) is 1.90. The summed E-state index contributed by atoms with van der Waals surface area (Å²) < 4.78 is 45.1. The van der Waals surface area contributed by atoms with Gasteiger partial charge in [-0.15, -0.1) is 0 Å². The molecule has 0 aromatic heterocycles. The van der Waals surface area contributed by atoms with Crippen LogP contribution in [0.3, 0.4) is 0 Å². The standard InChI is InChI=1S/C21H14BrF3N2O3/c1-13-4-2-3-5-17(13)26-12-14-10-16(22)7-9-19(14)30-20-8-6-15(21(23,24)25)11-18(20)27(28)29/h2-12H,1H3. The number of benzene rings is 3. The minimum atomic E-state index is -4.70. The predicted molar refractivity (Wildman–Crippen MR) is 111 cm³/mol. The van der Waals surface area contributed by atoms with Crippen molar-refractivity contribution in [1.82, 2.24) is 0 Å². The third kappa shape index (κ3) is 5.04. The normalized spacial score (nSPS) is 11.6. The molecule has 30 heavy (non-hydrogen) atoms. The van der Waals surface area contributed by atoms with Crippen molar-refractivity contribution in [2.24, 2.45) is 4.99 Å². The molecule has 3 aromatic rings. The Bertz CT molecular complexity index is 1130. The Morgan fingerprint density at radius 1 is 1.07 bits per heavy atom. The second kappa shape index (κ2) is 8.66. The number of hydrogen-bond donors (Lipinski definition) is 0. The van der Waals surface area contributed by atoms with Crippen LogP contribution in [0, 0.1) is 17.0 Å². The van der Waals surface area contributed by atoms with Gasteiger partial charge in [0.05, 0.1) is 16.2 Å². The molecule has 0 fully saturated rings. The number of alkyl halides is 3. The number of aliphatic imine (C=N–C) groups is 1. The van der Waals surface area contributed by atoms with E-state index in [0.29, 0.717) is 16.1 Å². The number of aryl methyl sites for hydroxylation is 1. The van der Waals surface area contributed by atoms with E-state index >= 15 is 0 Å².